The van der Waals surface area contributed by atoms with Crippen LogP contribution in [0.25, 0.3) is 0 Å². The zero-order valence-corrected chi connectivity index (χ0v) is 16.1. The second kappa shape index (κ2) is 8.49. The molecule has 0 aliphatic rings. The Morgan fingerprint density at radius 1 is 0.852 bits per heavy atom. The number of hydrogen-bond donors (Lipinski definition) is 2. The maximum Gasteiger partial charge on any atom is 0.249 e. The number of anilines is 4. The monoisotopic (exact) mass is 363 g/mol. The molecule has 2 N–H and O–H groups in total. The molecule has 0 aliphatic carbocycles. The van der Waals surface area contributed by atoms with Gasteiger partial charge >= 0.3 is 0 Å². The van der Waals surface area contributed by atoms with Gasteiger partial charge in [-0.05, 0) is 43.5 Å². The van der Waals surface area contributed by atoms with E-state index in [1.54, 1.807) is 6.20 Å². The minimum absolute atomic E-state index is 0.0764. The van der Waals surface area contributed by atoms with Crippen LogP contribution in [0.5, 0.6) is 5.75 Å². The first kappa shape index (κ1) is 18.6. The van der Waals surface area contributed by atoms with E-state index in [4.69, 9.17) is 4.74 Å². The van der Waals surface area contributed by atoms with Crippen LogP contribution in [0.1, 0.15) is 39.2 Å². The lowest BCUT2D eigenvalue weighted by Crippen LogP contribution is -2.08. The van der Waals surface area contributed by atoms with E-state index in [0.29, 0.717) is 17.7 Å². The van der Waals surface area contributed by atoms with Gasteiger partial charge in [-0.25, -0.2) is 0 Å². The van der Waals surface area contributed by atoms with Gasteiger partial charge in [0.15, 0.2) is 5.82 Å². The highest BCUT2D eigenvalue weighted by Gasteiger charge is 2.10. The SMILES string of the molecule is CC(C)Oc1ccccc1Nc1nncc(Nc2ccccc2C(C)C)n1. The fraction of sp³-hybridized carbons (Fsp3) is 0.286. The van der Waals surface area contributed by atoms with Gasteiger partial charge in [0, 0.05) is 5.69 Å². The van der Waals surface area contributed by atoms with Crippen LogP contribution >= 0.6 is 0 Å². The number of aromatic nitrogens is 3. The summed E-state index contributed by atoms with van der Waals surface area (Å²) in [6, 6.07) is 15.9. The van der Waals surface area contributed by atoms with E-state index < -0.39 is 0 Å². The molecule has 0 atom stereocenters. The van der Waals surface area contributed by atoms with Crippen LogP contribution in [0.15, 0.2) is 54.7 Å². The summed E-state index contributed by atoms with van der Waals surface area (Å²) >= 11 is 0. The predicted molar refractivity (Wildman–Crippen MR) is 109 cm³/mol. The lowest BCUT2D eigenvalue weighted by Gasteiger charge is -2.15. The first-order valence-corrected chi connectivity index (χ1v) is 9.11. The third kappa shape index (κ3) is 4.94. The topological polar surface area (TPSA) is 72.0 Å². The molecule has 0 spiro atoms. The molecule has 0 fully saturated rings. The van der Waals surface area contributed by atoms with E-state index >= 15 is 0 Å². The average Bonchev–Trinajstić information content (AvgIpc) is 2.63. The van der Waals surface area contributed by atoms with Gasteiger partial charge in [-0.1, -0.05) is 44.2 Å². The number of rotatable bonds is 7. The van der Waals surface area contributed by atoms with Crippen molar-refractivity contribution in [3.05, 3.63) is 60.3 Å². The Kier molecular flexibility index (Phi) is 5.86. The van der Waals surface area contributed by atoms with Crippen LogP contribution in [0, 0.1) is 0 Å². The number of nitrogens with one attached hydrogen (secondary N) is 2. The summed E-state index contributed by atoms with van der Waals surface area (Å²) in [5.41, 5.74) is 3.04. The minimum atomic E-state index is 0.0764. The summed E-state index contributed by atoms with van der Waals surface area (Å²) in [5, 5.41) is 14.7. The average molecular weight is 363 g/mol. The molecule has 0 bridgehead atoms. The van der Waals surface area contributed by atoms with Gasteiger partial charge in [0.1, 0.15) is 5.75 Å². The maximum absolute atomic E-state index is 5.83. The van der Waals surface area contributed by atoms with E-state index in [9.17, 15) is 0 Å². The van der Waals surface area contributed by atoms with E-state index in [-0.39, 0.29) is 6.10 Å². The van der Waals surface area contributed by atoms with Crippen molar-refractivity contribution in [2.45, 2.75) is 39.7 Å². The number of nitrogens with zero attached hydrogens (tertiary/aromatic N) is 3. The molecule has 0 radical (unpaired) electrons. The smallest absolute Gasteiger partial charge is 0.249 e. The second-order valence-electron chi connectivity index (χ2n) is 6.82. The molecule has 3 aromatic rings. The van der Waals surface area contributed by atoms with Crippen LogP contribution in [-0.4, -0.2) is 21.3 Å². The van der Waals surface area contributed by atoms with Gasteiger partial charge < -0.3 is 15.4 Å². The number of para-hydroxylation sites is 3. The number of benzene rings is 2. The van der Waals surface area contributed by atoms with E-state index in [1.165, 1.54) is 5.56 Å². The molecule has 0 saturated heterocycles. The molecule has 3 rings (SSSR count). The van der Waals surface area contributed by atoms with Crippen molar-refractivity contribution in [3.63, 3.8) is 0 Å². The van der Waals surface area contributed by atoms with Crippen molar-refractivity contribution >= 4 is 23.1 Å². The van der Waals surface area contributed by atoms with Crippen molar-refractivity contribution in [1.82, 2.24) is 15.2 Å². The molecule has 6 heteroatoms. The van der Waals surface area contributed by atoms with Crippen molar-refractivity contribution in [3.8, 4) is 5.75 Å². The Balaban J connectivity index is 1.81. The number of ether oxygens (including phenoxy) is 1. The molecule has 140 valence electrons. The molecular weight excluding hydrogens is 338 g/mol. The Hall–Kier alpha value is -3.15. The highest BCUT2D eigenvalue weighted by Crippen LogP contribution is 2.28. The Labute approximate surface area is 160 Å². The molecule has 1 heterocycles. The molecule has 0 aliphatic heterocycles. The molecule has 0 unspecified atom stereocenters. The van der Waals surface area contributed by atoms with Gasteiger partial charge in [0.2, 0.25) is 5.95 Å². The summed E-state index contributed by atoms with van der Waals surface area (Å²) < 4.78 is 5.83. The van der Waals surface area contributed by atoms with E-state index in [0.717, 1.165) is 17.1 Å². The predicted octanol–water partition coefficient (Wildman–Crippen LogP) is 5.27. The summed E-state index contributed by atoms with van der Waals surface area (Å²) in [6.45, 7) is 8.31. The molecule has 0 saturated carbocycles. The summed E-state index contributed by atoms with van der Waals surface area (Å²) in [6.07, 6.45) is 1.69. The van der Waals surface area contributed by atoms with Crippen LogP contribution in [0.2, 0.25) is 0 Å². The normalized spacial score (nSPS) is 10.9. The summed E-state index contributed by atoms with van der Waals surface area (Å²) in [5.74, 6) is 2.19. The van der Waals surface area contributed by atoms with Crippen LogP contribution in [0.4, 0.5) is 23.1 Å². The third-order valence-corrected chi connectivity index (χ3v) is 3.90. The van der Waals surface area contributed by atoms with E-state index in [2.05, 4.69) is 45.7 Å². The number of hydrogen-bond acceptors (Lipinski definition) is 6. The largest absolute Gasteiger partial charge is 0.489 e. The zero-order valence-electron chi connectivity index (χ0n) is 16.1. The highest BCUT2D eigenvalue weighted by molar-refractivity contribution is 5.65. The van der Waals surface area contributed by atoms with Gasteiger partial charge in [-0.2, -0.15) is 10.1 Å². The van der Waals surface area contributed by atoms with Crippen LogP contribution < -0.4 is 15.4 Å². The first-order valence-electron chi connectivity index (χ1n) is 9.11. The molecule has 27 heavy (non-hydrogen) atoms. The molecular formula is C21H25N5O. The first-order chi connectivity index (χ1) is 13.0. The summed E-state index contributed by atoms with van der Waals surface area (Å²) in [4.78, 5) is 4.53. The van der Waals surface area contributed by atoms with E-state index in [1.807, 2.05) is 56.3 Å². The Morgan fingerprint density at radius 2 is 1.56 bits per heavy atom. The molecule has 2 aromatic carbocycles. The molecule has 0 amide bonds. The van der Waals surface area contributed by atoms with Crippen molar-refractivity contribution in [2.24, 2.45) is 0 Å². The standard InChI is InChI=1S/C21H25N5O/c1-14(2)16-9-5-6-10-17(16)23-20-13-22-26-21(25-20)24-18-11-7-8-12-19(18)27-15(3)4/h5-15H,1-4H3,(H2,23,24,25,26). The van der Waals surface area contributed by atoms with Gasteiger partial charge in [0.05, 0.1) is 18.0 Å². The van der Waals surface area contributed by atoms with Gasteiger partial charge in [-0.15, -0.1) is 5.10 Å². The minimum Gasteiger partial charge on any atom is -0.489 e. The maximum atomic E-state index is 5.83. The third-order valence-electron chi connectivity index (χ3n) is 3.90. The van der Waals surface area contributed by atoms with Crippen LogP contribution in [0.3, 0.4) is 0 Å². The zero-order chi connectivity index (χ0) is 19.2. The van der Waals surface area contributed by atoms with Crippen LogP contribution in [-0.2, 0) is 0 Å². The van der Waals surface area contributed by atoms with Crippen molar-refractivity contribution < 1.29 is 4.74 Å². The molecule has 6 nitrogen and oxygen atoms in total. The highest BCUT2D eigenvalue weighted by atomic mass is 16.5. The lowest BCUT2D eigenvalue weighted by molar-refractivity contribution is 0.244. The van der Waals surface area contributed by atoms with Crippen molar-refractivity contribution in [1.29, 1.82) is 0 Å². The quantitative estimate of drug-likeness (QED) is 0.596. The van der Waals surface area contributed by atoms with Gasteiger partial charge in [0.25, 0.3) is 0 Å². The second-order valence-corrected chi connectivity index (χ2v) is 6.82. The fourth-order valence-electron chi connectivity index (χ4n) is 2.72. The Bertz CT molecular complexity index is 895. The summed E-state index contributed by atoms with van der Waals surface area (Å²) in [7, 11) is 0. The van der Waals surface area contributed by atoms with Crippen molar-refractivity contribution in [2.75, 3.05) is 10.6 Å². The van der Waals surface area contributed by atoms with Gasteiger partial charge in [-0.3, -0.25) is 0 Å². The lowest BCUT2D eigenvalue weighted by atomic mass is 10.0. The fourth-order valence-corrected chi connectivity index (χ4v) is 2.72. The molecule has 1 aromatic heterocycles. The Morgan fingerprint density at radius 3 is 2.30 bits per heavy atom.